The lowest BCUT2D eigenvalue weighted by Crippen LogP contribution is -2.40. The van der Waals surface area contributed by atoms with Crippen molar-refractivity contribution in [1.29, 1.82) is 0 Å². The highest BCUT2D eigenvalue weighted by atomic mass is 16.5. The van der Waals surface area contributed by atoms with Gasteiger partial charge >= 0.3 is 0 Å². The summed E-state index contributed by atoms with van der Waals surface area (Å²) in [5.41, 5.74) is 3.15. The van der Waals surface area contributed by atoms with Crippen molar-refractivity contribution in [2.24, 2.45) is 0 Å². The number of aromatic hydroxyl groups is 1. The first-order chi connectivity index (χ1) is 19.0. The van der Waals surface area contributed by atoms with Crippen molar-refractivity contribution in [1.82, 2.24) is 15.4 Å². The van der Waals surface area contributed by atoms with Crippen LogP contribution in [0.3, 0.4) is 0 Å². The Morgan fingerprint density at radius 3 is 2.69 bits per heavy atom. The van der Waals surface area contributed by atoms with Crippen LogP contribution in [-0.2, 0) is 11.2 Å². The van der Waals surface area contributed by atoms with Crippen molar-refractivity contribution in [3.63, 3.8) is 0 Å². The predicted octanol–water partition coefficient (Wildman–Crippen LogP) is 4.52. The number of hydrogen-bond donors (Lipinski definition) is 2. The van der Waals surface area contributed by atoms with Crippen molar-refractivity contribution in [2.45, 2.75) is 24.8 Å². The summed E-state index contributed by atoms with van der Waals surface area (Å²) in [5.74, 6) is 0.720. The van der Waals surface area contributed by atoms with Crippen LogP contribution < -0.4 is 14.8 Å². The molecular formula is C30H27N3O6. The lowest BCUT2D eigenvalue weighted by atomic mass is 9.93. The Kier molecular flexibility index (Phi) is 6.40. The Hall–Kier alpha value is -4.79. The molecule has 1 saturated heterocycles. The molecule has 2 aliphatic heterocycles. The van der Waals surface area contributed by atoms with Crippen LogP contribution in [0.25, 0.3) is 11.3 Å². The van der Waals surface area contributed by atoms with Gasteiger partial charge in [-0.25, -0.2) is 0 Å². The van der Waals surface area contributed by atoms with Gasteiger partial charge < -0.3 is 29.3 Å². The van der Waals surface area contributed by atoms with Gasteiger partial charge in [0.15, 0.2) is 23.0 Å². The zero-order chi connectivity index (χ0) is 26.9. The summed E-state index contributed by atoms with van der Waals surface area (Å²) in [6, 6.07) is 21.4. The lowest BCUT2D eigenvalue weighted by molar-refractivity contribution is -0.121. The van der Waals surface area contributed by atoms with E-state index in [2.05, 4.69) is 10.5 Å². The topological polar surface area (TPSA) is 114 Å². The summed E-state index contributed by atoms with van der Waals surface area (Å²) in [4.78, 5) is 28.1. The van der Waals surface area contributed by atoms with Gasteiger partial charge in [0.05, 0.1) is 13.2 Å². The van der Waals surface area contributed by atoms with Gasteiger partial charge in [-0.1, -0.05) is 47.6 Å². The largest absolute Gasteiger partial charge is 0.504 e. The molecule has 0 spiro atoms. The zero-order valence-corrected chi connectivity index (χ0v) is 21.3. The van der Waals surface area contributed by atoms with Gasteiger partial charge in [-0.05, 0) is 41.8 Å². The maximum atomic E-state index is 13.5. The molecule has 3 aromatic carbocycles. The van der Waals surface area contributed by atoms with E-state index in [1.165, 1.54) is 0 Å². The number of phenols is 1. The average molecular weight is 526 g/mol. The Balaban J connectivity index is 1.32. The maximum Gasteiger partial charge on any atom is 0.292 e. The van der Waals surface area contributed by atoms with Crippen LogP contribution in [-0.4, -0.2) is 53.2 Å². The molecule has 2 atom stereocenters. The molecule has 2 aliphatic rings. The van der Waals surface area contributed by atoms with Crippen LogP contribution in [0.4, 0.5) is 0 Å². The van der Waals surface area contributed by atoms with E-state index in [0.29, 0.717) is 36.7 Å². The fourth-order valence-corrected chi connectivity index (χ4v) is 5.19. The number of benzene rings is 3. The normalized spacial score (nSPS) is 18.6. The standard InChI is InChI=1S/C30H27N3O6/c1-37-25-11-9-20-14-27(25)38-26-13-18(7-10-24(26)34)8-12-29(35)31-23-17-33(16-21(20)23)30(36)28-15-22(32-39-28)19-5-3-2-4-6-19/h2-7,9-11,13-15,21,23,34H,8,12,16-17H2,1H3,(H,31,35)/t21-,23+/m0/s1. The number of carbonyl (C=O) groups is 2. The monoisotopic (exact) mass is 525 g/mol. The van der Waals surface area contributed by atoms with Crippen LogP contribution in [0.5, 0.6) is 23.0 Å². The van der Waals surface area contributed by atoms with Crippen molar-refractivity contribution in [3.8, 4) is 34.3 Å². The molecule has 1 aromatic heterocycles. The number of aryl methyl sites for hydroxylation is 1. The van der Waals surface area contributed by atoms with E-state index in [9.17, 15) is 14.7 Å². The summed E-state index contributed by atoms with van der Waals surface area (Å²) in [7, 11) is 1.55. The number of amides is 2. The predicted molar refractivity (Wildman–Crippen MR) is 142 cm³/mol. The van der Waals surface area contributed by atoms with Crippen LogP contribution in [0.15, 0.2) is 77.3 Å². The molecule has 9 nitrogen and oxygen atoms in total. The Bertz CT molecular complexity index is 1530. The van der Waals surface area contributed by atoms with Crippen molar-refractivity contribution < 1.29 is 28.7 Å². The third-order valence-electron chi connectivity index (χ3n) is 7.24. The van der Waals surface area contributed by atoms with Gasteiger partial charge in [0, 0.05) is 37.1 Å². The number of nitrogens with zero attached hydrogens (tertiary/aromatic N) is 2. The smallest absolute Gasteiger partial charge is 0.292 e. The third-order valence-corrected chi connectivity index (χ3v) is 7.24. The molecule has 0 saturated carbocycles. The van der Waals surface area contributed by atoms with Crippen molar-refractivity contribution in [3.05, 3.63) is 89.7 Å². The molecule has 6 rings (SSSR count). The van der Waals surface area contributed by atoms with Gasteiger partial charge in [0.1, 0.15) is 5.69 Å². The number of hydrogen-bond acceptors (Lipinski definition) is 7. The molecule has 39 heavy (non-hydrogen) atoms. The lowest BCUT2D eigenvalue weighted by Gasteiger charge is -2.21. The van der Waals surface area contributed by atoms with Gasteiger partial charge in [-0.2, -0.15) is 0 Å². The Morgan fingerprint density at radius 1 is 1.03 bits per heavy atom. The van der Waals surface area contributed by atoms with Gasteiger partial charge in [-0.15, -0.1) is 0 Å². The number of nitrogens with one attached hydrogen (secondary N) is 1. The molecular weight excluding hydrogens is 498 g/mol. The first-order valence-electron chi connectivity index (χ1n) is 12.8. The van der Waals surface area contributed by atoms with E-state index in [-0.39, 0.29) is 47.5 Å². The number of carbonyl (C=O) groups excluding carboxylic acids is 2. The quantitative estimate of drug-likeness (QED) is 0.404. The second kappa shape index (κ2) is 10.2. The van der Waals surface area contributed by atoms with Gasteiger partial charge in [0.25, 0.3) is 5.91 Å². The summed E-state index contributed by atoms with van der Waals surface area (Å²) in [6.07, 6.45) is 0.725. The molecule has 0 radical (unpaired) electrons. The van der Waals surface area contributed by atoms with Crippen LogP contribution >= 0.6 is 0 Å². The maximum absolute atomic E-state index is 13.5. The number of likely N-dealkylation sites (tertiary alicyclic amines) is 1. The summed E-state index contributed by atoms with van der Waals surface area (Å²) in [5, 5.41) is 17.6. The summed E-state index contributed by atoms with van der Waals surface area (Å²) in [6.45, 7) is 0.670. The molecule has 4 bridgehead atoms. The van der Waals surface area contributed by atoms with E-state index in [1.807, 2.05) is 42.5 Å². The first-order valence-corrected chi connectivity index (χ1v) is 12.8. The highest BCUT2D eigenvalue weighted by Crippen LogP contribution is 2.40. The molecule has 198 valence electrons. The Labute approximate surface area is 224 Å². The summed E-state index contributed by atoms with van der Waals surface area (Å²) < 4.78 is 17.0. The molecule has 3 heterocycles. The first kappa shape index (κ1) is 24.5. The minimum Gasteiger partial charge on any atom is -0.504 e. The average Bonchev–Trinajstić information content (AvgIpc) is 3.61. The Morgan fingerprint density at radius 2 is 1.87 bits per heavy atom. The molecule has 2 N–H and O–H groups in total. The number of phenolic OH excluding ortho intramolecular Hbond substituents is 1. The fraction of sp³-hybridized carbons (Fsp3) is 0.233. The number of rotatable bonds is 3. The van der Waals surface area contributed by atoms with Crippen molar-refractivity contribution >= 4 is 11.8 Å². The van der Waals surface area contributed by atoms with E-state index >= 15 is 0 Å². The second-order valence-corrected chi connectivity index (χ2v) is 9.75. The highest BCUT2D eigenvalue weighted by molar-refractivity contribution is 5.93. The number of methoxy groups -OCH3 is 1. The van der Waals surface area contributed by atoms with Gasteiger partial charge in [0.2, 0.25) is 11.7 Å². The van der Waals surface area contributed by atoms with Crippen LogP contribution in [0.2, 0.25) is 0 Å². The third kappa shape index (κ3) is 4.90. The fourth-order valence-electron chi connectivity index (χ4n) is 5.19. The molecule has 1 fully saturated rings. The molecule has 0 unspecified atom stereocenters. The van der Waals surface area contributed by atoms with Crippen LogP contribution in [0, 0.1) is 0 Å². The summed E-state index contributed by atoms with van der Waals surface area (Å²) >= 11 is 0. The molecule has 9 heteroatoms. The highest BCUT2D eigenvalue weighted by Gasteiger charge is 2.39. The van der Waals surface area contributed by atoms with E-state index < -0.39 is 0 Å². The molecule has 0 aliphatic carbocycles. The van der Waals surface area contributed by atoms with E-state index in [1.54, 1.807) is 42.3 Å². The second-order valence-electron chi connectivity index (χ2n) is 9.75. The minimum absolute atomic E-state index is 0.0111. The molecule has 2 amide bonds. The van der Waals surface area contributed by atoms with Gasteiger partial charge in [-0.3, -0.25) is 9.59 Å². The van der Waals surface area contributed by atoms with Crippen LogP contribution in [0.1, 0.15) is 34.0 Å². The van der Waals surface area contributed by atoms with Crippen molar-refractivity contribution in [2.75, 3.05) is 20.2 Å². The van der Waals surface area contributed by atoms with E-state index in [4.69, 9.17) is 14.0 Å². The number of ether oxygens (including phenoxy) is 2. The minimum atomic E-state index is -0.323. The zero-order valence-electron chi connectivity index (χ0n) is 21.3. The number of fused-ring (bicyclic) bond motifs is 6. The number of aromatic nitrogens is 1. The molecule has 4 aromatic rings. The van der Waals surface area contributed by atoms with E-state index in [0.717, 1.165) is 16.7 Å². The SMILES string of the molecule is COc1ccc2cc1Oc1cc(ccc1O)CCC(=O)N[C@@H]1CN(C(=O)c3cc(-c4ccccc4)no3)C[C@@H]21.